The second-order valence-corrected chi connectivity index (χ2v) is 4.66. The lowest BCUT2D eigenvalue weighted by molar-refractivity contribution is -0.150. The van der Waals surface area contributed by atoms with Gasteiger partial charge < -0.3 is 9.84 Å². The number of carbonyl (C=O) groups is 2. The van der Waals surface area contributed by atoms with Crippen LogP contribution in [0.2, 0.25) is 0 Å². The van der Waals surface area contributed by atoms with Gasteiger partial charge in [0.25, 0.3) is 0 Å². The van der Waals surface area contributed by atoms with Crippen LogP contribution in [0.1, 0.15) is 40.0 Å². The van der Waals surface area contributed by atoms with Crippen LogP contribution in [0.5, 0.6) is 0 Å². The van der Waals surface area contributed by atoms with Crippen molar-refractivity contribution in [2.45, 2.75) is 40.0 Å². The van der Waals surface area contributed by atoms with E-state index in [9.17, 15) is 9.59 Å². The SMILES string of the molecule is CCOC(=O)[C@@H](CCC(=O)O)C(C#N)CC(C)C. The maximum atomic E-state index is 11.8. The van der Waals surface area contributed by atoms with Gasteiger partial charge in [-0.05, 0) is 25.7 Å². The van der Waals surface area contributed by atoms with E-state index >= 15 is 0 Å². The van der Waals surface area contributed by atoms with Gasteiger partial charge in [0.1, 0.15) is 0 Å². The van der Waals surface area contributed by atoms with Crippen molar-refractivity contribution in [3.63, 3.8) is 0 Å². The molecule has 0 amide bonds. The Morgan fingerprint density at radius 2 is 2.00 bits per heavy atom. The quantitative estimate of drug-likeness (QED) is 0.672. The minimum atomic E-state index is -0.967. The van der Waals surface area contributed by atoms with Crippen molar-refractivity contribution in [1.82, 2.24) is 0 Å². The molecule has 0 bridgehead atoms. The number of nitriles is 1. The monoisotopic (exact) mass is 255 g/mol. The highest BCUT2D eigenvalue weighted by Crippen LogP contribution is 2.25. The molecule has 0 saturated heterocycles. The lowest BCUT2D eigenvalue weighted by atomic mass is 9.83. The fourth-order valence-electron chi connectivity index (χ4n) is 1.83. The summed E-state index contributed by atoms with van der Waals surface area (Å²) in [6.07, 6.45) is 0.596. The summed E-state index contributed by atoms with van der Waals surface area (Å²) in [4.78, 5) is 22.4. The molecule has 0 aliphatic heterocycles. The third-order valence-corrected chi connectivity index (χ3v) is 2.64. The van der Waals surface area contributed by atoms with Crippen LogP contribution >= 0.6 is 0 Å². The molecular weight excluding hydrogens is 234 g/mol. The number of hydrogen-bond acceptors (Lipinski definition) is 4. The first-order valence-corrected chi connectivity index (χ1v) is 6.20. The Bertz CT molecular complexity index is 319. The topological polar surface area (TPSA) is 87.4 Å². The Labute approximate surface area is 108 Å². The number of hydrogen-bond donors (Lipinski definition) is 1. The number of esters is 1. The molecule has 18 heavy (non-hydrogen) atoms. The standard InChI is InChI=1S/C13H21NO4/c1-4-18-13(17)11(5-6-12(15)16)10(8-14)7-9(2)3/h9-11H,4-7H2,1-3H3,(H,15,16)/t10?,11-/m0/s1. The molecule has 0 radical (unpaired) electrons. The summed E-state index contributed by atoms with van der Waals surface area (Å²) >= 11 is 0. The van der Waals surface area contributed by atoms with Crippen molar-refractivity contribution < 1.29 is 19.4 Å². The largest absolute Gasteiger partial charge is 0.481 e. The molecule has 0 aliphatic rings. The third-order valence-electron chi connectivity index (χ3n) is 2.64. The molecule has 0 heterocycles. The van der Waals surface area contributed by atoms with E-state index in [0.717, 1.165) is 0 Å². The highest BCUT2D eigenvalue weighted by molar-refractivity contribution is 5.74. The Morgan fingerprint density at radius 3 is 2.39 bits per heavy atom. The summed E-state index contributed by atoms with van der Waals surface area (Å²) in [6, 6.07) is 2.10. The van der Waals surface area contributed by atoms with Crippen LogP contribution in [-0.4, -0.2) is 23.7 Å². The summed E-state index contributed by atoms with van der Waals surface area (Å²) in [5, 5.41) is 17.8. The van der Waals surface area contributed by atoms with Gasteiger partial charge in [0.15, 0.2) is 0 Å². The predicted molar refractivity (Wildman–Crippen MR) is 65.6 cm³/mol. The van der Waals surface area contributed by atoms with E-state index < -0.39 is 23.8 Å². The normalized spacial score (nSPS) is 13.7. The van der Waals surface area contributed by atoms with Crippen molar-refractivity contribution in [3.05, 3.63) is 0 Å². The van der Waals surface area contributed by atoms with Gasteiger partial charge in [0, 0.05) is 6.42 Å². The van der Waals surface area contributed by atoms with Gasteiger partial charge >= 0.3 is 11.9 Å². The van der Waals surface area contributed by atoms with E-state index in [1.807, 2.05) is 13.8 Å². The highest BCUT2D eigenvalue weighted by atomic mass is 16.5. The van der Waals surface area contributed by atoms with E-state index in [1.165, 1.54) is 0 Å². The molecule has 1 unspecified atom stereocenters. The number of carbonyl (C=O) groups excluding carboxylic acids is 1. The molecule has 0 fully saturated rings. The zero-order chi connectivity index (χ0) is 14.1. The van der Waals surface area contributed by atoms with Crippen LogP contribution in [0.25, 0.3) is 0 Å². The van der Waals surface area contributed by atoms with Crippen LogP contribution < -0.4 is 0 Å². The fraction of sp³-hybridized carbons (Fsp3) is 0.769. The maximum absolute atomic E-state index is 11.8. The molecule has 0 aromatic heterocycles. The van der Waals surface area contributed by atoms with Crippen LogP contribution in [0, 0.1) is 29.1 Å². The average Bonchev–Trinajstić information content (AvgIpc) is 2.27. The van der Waals surface area contributed by atoms with Gasteiger partial charge in [-0.1, -0.05) is 13.8 Å². The van der Waals surface area contributed by atoms with Crippen molar-refractivity contribution in [2.24, 2.45) is 17.8 Å². The van der Waals surface area contributed by atoms with Gasteiger partial charge in [0.05, 0.1) is 24.5 Å². The maximum Gasteiger partial charge on any atom is 0.310 e. The number of nitrogens with zero attached hydrogens (tertiary/aromatic N) is 1. The van der Waals surface area contributed by atoms with Crippen molar-refractivity contribution in [3.8, 4) is 6.07 Å². The first-order chi connectivity index (χ1) is 8.42. The third kappa shape index (κ3) is 6.24. The summed E-state index contributed by atoms with van der Waals surface area (Å²) in [5.74, 6) is -2.29. The summed E-state index contributed by atoms with van der Waals surface area (Å²) in [6.45, 7) is 5.85. The van der Waals surface area contributed by atoms with E-state index in [4.69, 9.17) is 15.1 Å². The molecule has 5 heteroatoms. The number of rotatable bonds is 8. The Kier molecular flexibility index (Phi) is 7.77. The molecule has 102 valence electrons. The summed E-state index contributed by atoms with van der Waals surface area (Å²) in [7, 11) is 0. The Balaban J connectivity index is 4.75. The Morgan fingerprint density at radius 1 is 1.39 bits per heavy atom. The van der Waals surface area contributed by atoms with Crippen LogP contribution in [0.15, 0.2) is 0 Å². The van der Waals surface area contributed by atoms with E-state index in [2.05, 4.69) is 6.07 Å². The molecule has 0 aliphatic carbocycles. The molecule has 0 saturated carbocycles. The van der Waals surface area contributed by atoms with Gasteiger partial charge in [-0.3, -0.25) is 9.59 Å². The minimum Gasteiger partial charge on any atom is -0.481 e. The number of carboxylic acid groups (broad SMARTS) is 1. The molecule has 0 spiro atoms. The average molecular weight is 255 g/mol. The molecule has 1 N–H and O–H groups in total. The van der Waals surface area contributed by atoms with Crippen LogP contribution in [0.3, 0.4) is 0 Å². The second-order valence-electron chi connectivity index (χ2n) is 4.66. The van der Waals surface area contributed by atoms with Crippen molar-refractivity contribution >= 4 is 11.9 Å². The highest BCUT2D eigenvalue weighted by Gasteiger charge is 2.30. The van der Waals surface area contributed by atoms with Crippen LogP contribution in [-0.2, 0) is 14.3 Å². The smallest absolute Gasteiger partial charge is 0.310 e. The van der Waals surface area contributed by atoms with E-state index in [0.29, 0.717) is 6.42 Å². The van der Waals surface area contributed by atoms with E-state index in [-0.39, 0.29) is 25.4 Å². The van der Waals surface area contributed by atoms with Gasteiger partial charge in [0.2, 0.25) is 0 Å². The fourth-order valence-corrected chi connectivity index (χ4v) is 1.83. The number of carboxylic acids is 1. The first-order valence-electron chi connectivity index (χ1n) is 6.20. The van der Waals surface area contributed by atoms with Crippen molar-refractivity contribution in [2.75, 3.05) is 6.61 Å². The molecular formula is C13H21NO4. The van der Waals surface area contributed by atoms with Crippen LogP contribution in [0.4, 0.5) is 0 Å². The molecule has 0 aromatic carbocycles. The van der Waals surface area contributed by atoms with Gasteiger partial charge in [-0.15, -0.1) is 0 Å². The summed E-state index contributed by atoms with van der Waals surface area (Å²) in [5.41, 5.74) is 0. The molecule has 0 aromatic rings. The lowest BCUT2D eigenvalue weighted by Crippen LogP contribution is -2.27. The lowest BCUT2D eigenvalue weighted by Gasteiger charge is -2.21. The first kappa shape index (κ1) is 16.4. The zero-order valence-electron chi connectivity index (χ0n) is 11.2. The van der Waals surface area contributed by atoms with E-state index in [1.54, 1.807) is 6.92 Å². The minimum absolute atomic E-state index is 0.125. The number of aliphatic carboxylic acids is 1. The zero-order valence-corrected chi connectivity index (χ0v) is 11.2. The second kappa shape index (κ2) is 8.51. The molecule has 2 atom stereocenters. The van der Waals surface area contributed by atoms with Crippen molar-refractivity contribution in [1.29, 1.82) is 5.26 Å². The Hall–Kier alpha value is -1.57. The summed E-state index contributed by atoms with van der Waals surface area (Å²) < 4.78 is 4.92. The number of ether oxygens (including phenoxy) is 1. The molecule has 0 rings (SSSR count). The predicted octanol–water partition coefficient (Wildman–Crippen LogP) is 2.22. The molecule has 5 nitrogen and oxygen atoms in total. The van der Waals surface area contributed by atoms with Gasteiger partial charge in [-0.2, -0.15) is 5.26 Å². The van der Waals surface area contributed by atoms with Gasteiger partial charge in [-0.25, -0.2) is 0 Å².